The van der Waals surface area contributed by atoms with E-state index in [0.29, 0.717) is 0 Å². The Balaban J connectivity index is 3.41. The Hall–Kier alpha value is -1.89. The third-order valence-corrected chi connectivity index (χ3v) is 3.94. The van der Waals surface area contributed by atoms with E-state index in [-0.39, 0.29) is 11.4 Å². The molecule has 0 N–H and O–H groups in total. The largest absolute Gasteiger partial charge is 0.245 e. The van der Waals surface area contributed by atoms with Crippen LogP contribution >= 0.6 is 0 Å². The van der Waals surface area contributed by atoms with E-state index in [1.165, 1.54) is 25.2 Å². The first-order valence-corrected chi connectivity index (χ1v) is 5.97. The highest BCUT2D eigenvalue weighted by atomic mass is 32.2. The molecule has 0 heterocycles. The number of halogens is 1. The molecule has 0 radical (unpaired) electrons. The smallest absolute Gasteiger partial charge is 0.207 e. The van der Waals surface area contributed by atoms with Gasteiger partial charge in [-0.15, -0.1) is 6.42 Å². The van der Waals surface area contributed by atoms with Crippen LogP contribution in [0.3, 0.4) is 0 Å². The lowest BCUT2D eigenvalue weighted by Gasteiger charge is -2.15. The van der Waals surface area contributed by atoms with Gasteiger partial charge < -0.3 is 0 Å². The van der Waals surface area contributed by atoms with Gasteiger partial charge in [0.15, 0.2) is 0 Å². The minimum atomic E-state index is -3.94. The molecular weight excluding hydrogens is 243 g/mol. The molecular formula is C11H9FN2O2S. The van der Waals surface area contributed by atoms with E-state index in [4.69, 9.17) is 11.7 Å². The number of hydrogen-bond donors (Lipinski definition) is 0. The van der Waals surface area contributed by atoms with Crippen molar-refractivity contribution in [3.63, 3.8) is 0 Å². The minimum absolute atomic E-state index is 0.149. The first-order valence-electron chi connectivity index (χ1n) is 4.53. The monoisotopic (exact) mass is 252 g/mol. The van der Waals surface area contributed by atoms with Gasteiger partial charge in [-0.25, -0.2) is 12.8 Å². The molecule has 0 aliphatic rings. The second-order valence-corrected chi connectivity index (χ2v) is 5.20. The summed E-state index contributed by atoms with van der Waals surface area (Å²) in [6.07, 6.45) is 5.01. The normalized spacial score (nSPS) is 10.9. The molecule has 0 amide bonds. The molecule has 88 valence electrons. The highest BCUT2D eigenvalue weighted by Gasteiger charge is 2.25. The summed E-state index contributed by atoms with van der Waals surface area (Å²) in [7, 11) is -2.67. The van der Waals surface area contributed by atoms with E-state index in [0.717, 1.165) is 10.4 Å². The summed E-state index contributed by atoms with van der Waals surface area (Å²) in [5.41, 5.74) is -0.503. The van der Waals surface area contributed by atoms with Crippen LogP contribution in [0.2, 0.25) is 0 Å². The Morgan fingerprint density at radius 2 is 2.18 bits per heavy atom. The average molecular weight is 252 g/mol. The number of nitrogens with zero attached hydrogens (tertiary/aromatic N) is 2. The molecule has 0 saturated heterocycles. The summed E-state index contributed by atoms with van der Waals surface area (Å²) in [6.45, 7) is -0.149. The van der Waals surface area contributed by atoms with Crippen LogP contribution < -0.4 is 0 Å². The van der Waals surface area contributed by atoms with E-state index in [9.17, 15) is 12.8 Å². The molecule has 1 aromatic carbocycles. The van der Waals surface area contributed by atoms with Gasteiger partial charge in [0.05, 0.1) is 6.54 Å². The van der Waals surface area contributed by atoms with Gasteiger partial charge in [-0.2, -0.15) is 9.57 Å². The zero-order valence-corrected chi connectivity index (χ0v) is 9.83. The molecule has 1 aromatic rings. The van der Waals surface area contributed by atoms with Crippen LogP contribution in [-0.2, 0) is 10.0 Å². The van der Waals surface area contributed by atoms with E-state index in [1.807, 2.05) is 0 Å². The number of hydrogen-bond acceptors (Lipinski definition) is 3. The van der Waals surface area contributed by atoms with Gasteiger partial charge in [-0.3, -0.25) is 0 Å². The first-order chi connectivity index (χ1) is 7.95. The summed E-state index contributed by atoms with van der Waals surface area (Å²) in [6, 6.07) is 4.96. The fraction of sp³-hybridized carbons (Fsp3) is 0.182. The van der Waals surface area contributed by atoms with Crippen molar-refractivity contribution in [2.45, 2.75) is 4.90 Å². The summed E-state index contributed by atoms with van der Waals surface area (Å²) >= 11 is 0. The quantitative estimate of drug-likeness (QED) is 0.752. The van der Waals surface area contributed by atoms with Crippen LogP contribution in [0.4, 0.5) is 4.39 Å². The summed E-state index contributed by atoms with van der Waals surface area (Å²) in [4.78, 5) is -0.377. The Morgan fingerprint density at radius 1 is 1.53 bits per heavy atom. The number of benzene rings is 1. The maximum Gasteiger partial charge on any atom is 0.245 e. The van der Waals surface area contributed by atoms with Crippen molar-refractivity contribution in [1.29, 1.82) is 5.26 Å². The lowest BCUT2D eigenvalue weighted by molar-refractivity contribution is 0.501. The van der Waals surface area contributed by atoms with Gasteiger partial charge >= 0.3 is 0 Å². The van der Waals surface area contributed by atoms with Crippen molar-refractivity contribution in [2.24, 2.45) is 0 Å². The molecule has 0 aromatic heterocycles. The molecule has 0 saturated carbocycles. The van der Waals surface area contributed by atoms with Crippen LogP contribution in [0.15, 0.2) is 23.1 Å². The molecule has 0 aliphatic carbocycles. The number of terminal acetylenes is 1. The second kappa shape index (κ2) is 4.96. The molecule has 0 atom stereocenters. The lowest BCUT2D eigenvalue weighted by atomic mass is 10.2. The Labute approximate surface area is 99.3 Å². The van der Waals surface area contributed by atoms with Crippen molar-refractivity contribution in [3.8, 4) is 18.4 Å². The Morgan fingerprint density at radius 3 is 2.71 bits per heavy atom. The van der Waals surface area contributed by atoms with Crippen LogP contribution in [-0.4, -0.2) is 26.3 Å². The molecule has 1 rings (SSSR count). The van der Waals surface area contributed by atoms with Crippen molar-refractivity contribution in [1.82, 2.24) is 4.31 Å². The standard InChI is InChI=1S/C11H9FN2O2S/c1-3-7-14(2)17(15,16)11-6-4-5-10(12)9(11)8-13/h1,4-6H,7H2,2H3. The third-order valence-electron chi connectivity index (χ3n) is 2.09. The molecule has 0 aliphatic heterocycles. The van der Waals surface area contributed by atoms with E-state index >= 15 is 0 Å². The van der Waals surface area contributed by atoms with Gasteiger partial charge in [0.2, 0.25) is 10.0 Å². The highest BCUT2D eigenvalue weighted by molar-refractivity contribution is 7.89. The zero-order chi connectivity index (χ0) is 13.1. The van der Waals surface area contributed by atoms with Gasteiger partial charge in [0.25, 0.3) is 0 Å². The summed E-state index contributed by atoms with van der Waals surface area (Å²) in [5, 5.41) is 8.76. The topological polar surface area (TPSA) is 61.2 Å². The van der Waals surface area contributed by atoms with E-state index in [1.54, 1.807) is 0 Å². The maximum absolute atomic E-state index is 13.3. The van der Waals surface area contributed by atoms with Gasteiger partial charge in [-0.1, -0.05) is 12.0 Å². The third kappa shape index (κ3) is 2.44. The molecule has 0 fully saturated rings. The van der Waals surface area contributed by atoms with Crippen LogP contribution in [0.25, 0.3) is 0 Å². The lowest BCUT2D eigenvalue weighted by Crippen LogP contribution is -2.28. The Bertz CT molecular complexity index is 611. The predicted molar refractivity (Wildman–Crippen MR) is 59.8 cm³/mol. The zero-order valence-electron chi connectivity index (χ0n) is 9.01. The predicted octanol–water partition coefficient (Wildman–Crippen LogP) is 0.951. The SMILES string of the molecule is C#CCN(C)S(=O)(=O)c1cccc(F)c1C#N. The summed E-state index contributed by atoms with van der Waals surface area (Å²) < 4.78 is 38.1. The van der Waals surface area contributed by atoms with E-state index in [2.05, 4.69) is 5.92 Å². The van der Waals surface area contributed by atoms with Crippen molar-refractivity contribution in [3.05, 3.63) is 29.6 Å². The Kier molecular flexibility index (Phi) is 3.84. The van der Waals surface area contributed by atoms with Crippen molar-refractivity contribution in [2.75, 3.05) is 13.6 Å². The molecule has 6 heteroatoms. The fourth-order valence-corrected chi connectivity index (χ4v) is 2.44. The highest BCUT2D eigenvalue weighted by Crippen LogP contribution is 2.20. The van der Waals surface area contributed by atoms with Crippen LogP contribution in [0.1, 0.15) is 5.56 Å². The maximum atomic E-state index is 13.3. The first kappa shape index (κ1) is 13.2. The molecule has 0 bridgehead atoms. The minimum Gasteiger partial charge on any atom is -0.207 e. The second-order valence-electron chi connectivity index (χ2n) is 3.19. The average Bonchev–Trinajstić information content (AvgIpc) is 2.29. The van der Waals surface area contributed by atoms with Crippen molar-refractivity contribution < 1.29 is 12.8 Å². The van der Waals surface area contributed by atoms with E-state index < -0.39 is 21.4 Å². The summed E-state index contributed by atoms with van der Waals surface area (Å²) in [5.74, 6) is 1.29. The fourth-order valence-electron chi connectivity index (χ4n) is 1.21. The molecule has 4 nitrogen and oxygen atoms in total. The molecule has 17 heavy (non-hydrogen) atoms. The van der Waals surface area contributed by atoms with Gasteiger partial charge in [0.1, 0.15) is 22.3 Å². The molecule has 0 spiro atoms. The number of nitriles is 1. The number of rotatable bonds is 3. The molecule has 0 unspecified atom stereocenters. The van der Waals surface area contributed by atoms with Gasteiger partial charge in [0, 0.05) is 7.05 Å². The van der Waals surface area contributed by atoms with Crippen LogP contribution in [0.5, 0.6) is 0 Å². The van der Waals surface area contributed by atoms with Gasteiger partial charge in [-0.05, 0) is 12.1 Å². The number of sulfonamides is 1. The van der Waals surface area contributed by atoms with Crippen molar-refractivity contribution >= 4 is 10.0 Å². The van der Waals surface area contributed by atoms with Crippen LogP contribution in [0, 0.1) is 29.5 Å².